The van der Waals surface area contributed by atoms with Gasteiger partial charge in [0.1, 0.15) is 11.5 Å². The summed E-state index contributed by atoms with van der Waals surface area (Å²) in [5, 5.41) is 16.9. The zero-order valence-corrected chi connectivity index (χ0v) is 16.5. The predicted molar refractivity (Wildman–Crippen MR) is 113 cm³/mol. The van der Waals surface area contributed by atoms with E-state index < -0.39 is 11.8 Å². The summed E-state index contributed by atoms with van der Waals surface area (Å²) in [7, 11) is 0. The normalized spacial score (nSPS) is 11.2. The molecule has 9 nitrogen and oxygen atoms in total. The van der Waals surface area contributed by atoms with Gasteiger partial charge in [-0.1, -0.05) is 24.3 Å². The number of carbonyl (C=O) groups is 2. The molecule has 0 aliphatic carbocycles. The standard InChI is InChI=1S/C22H18N6O3/c1-15-25-26-27-28(15)18-10-5-9-17(13-18)23-22(30)20(14-19-11-6-12-31-19)24-21(29)16-7-3-2-4-8-16/h2-14H,1H3,(H,23,30)(H,24,29). The first-order chi connectivity index (χ1) is 15.1. The molecule has 0 spiro atoms. The third kappa shape index (κ3) is 4.73. The lowest BCUT2D eigenvalue weighted by molar-refractivity contribution is -0.113. The Morgan fingerprint density at radius 1 is 1.03 bits per heavy atom. The van der Waals surface area contributed by atoms with Crippen molar-refractivity contribution in [2.45, 2.75) is 6.92 Å². The Balaban J connectivity index is 1.58. The largest absolute Gasteiger partial charge is 0.465 e. The average molecular weight is 414 g/mol. The summed E-state index contributed by atoms with van der Waals surface area (Å²) in [6, 6.07) is 19.0. The second-order valence-electron chi connectivity index (χ2n) is 6.54. The lowest BCUT2D eigenvalue weighted by Gasteiger charge is -2.12. The fourth-order valence-electron chi connectivity index (χ4n) is 2.84. The molecule has 2 heterocycles. The van der Waals surface area contributed by atoms with Gasteiger partial charge in [0, 0.05) is 17.3 Å². The van der Waals surface area contributed by atoms with Crippen molar-refractivity contribution in [3.8, 4) is 5.69 Å². The van der Waals surface area contributed by atoms with Gasteiger partial charge < -0.3 is 15.1 Å². The molecule has 2 aromatic heterocycles. The van der Waals surface area contributed by atoms with Gasteiger partial charge in [0.2, 0.25) is 0 Å². The summed E-state index contributed by atoms with van der Waals surface area (Å²) in [6.07, 6.45) is 2.95. The number of anilines is 1. The van der Waals surface area contributed by atoms with E-state index in [1.807, 2.05) is 12.1 Å². The molecule has 2 N–H and O–H groups in total. The van der Waals surface area contributed by atoms with E-state index >= 15 is 0 Å². The molecule has 4 aromatic rings. The van der Waals surface area contributed by atoms with E-state index in [2.05, 4.69) is 26.2 Å². The number of rotatable bonds is 6. The summed E-state index contributed by atoms with van der Waals surface area (Å²) in [6.45, 7) is 1.77. The second-order valence-corrected chi connectivity index (χ2v) is 6.54. The van der Waals surface area contributed by atoms with Crippen LogP contribution >= 0.6 is 0 Å². The highest BCUT2D eigenvalue weighted by atomic mass is 16.3. The molecule has 2 aromatic carbocycles. The Hall–Kier alpha value is -4.53. The van der Waals surface area contributed by atoms with Gasteiger partial charge in [-0.15, -0.1) is 5.10 Å². The van der Waals surface area contributed by atoms with Crippen LogP contribution in [0.3, 0.4) is 0 Å². The van der Waals surface area contributed by atoms with Crippen molar-refractivity contribution in [1.29, 1.82) is 0 Å². The number of hydrogen-bond donors (Lipinski definition) is 2. The number of carbonyl (C=O) groups excluding carboxylic acids is 2. The summed E-state index contributed by atoms with van der Waals surface area (Å²) >= 11 is 0. The summed E-state index contributed by atoms with van der Waals surface area (Å²) in [5.74, 6) is 0.117. The third-order valence-corrected chi connectivity index (χ3v) is 4.33. The SMILES string of the molecule is Cc1nnnn1-c1cccc(NC(=O)C(=Cc2ccco2)NC(=O)c2ccccc2)c1. The fraction of sp³-hybridized carbons (Fsp3) is 0.0455. The van der Waals surface area contributed by atoms with Crippen LogP contribution in [0.4, 0.5) is 5.69 Å². The van der Waals surface area contributed by atoms with Gasteiger partial charge in [-0.3, -0.25) is 9.59 Å². The Labute approximate surface area is 177 Å². The van der Waals surface area contributed by atoms with Gasteiger partial charge in [0.05, 0.1) is 12.0 Å². The monoisotopic (exact) mass is 414 g/mol. The Morgan fingerprint density at radius 2 is 1.87 bits per heavy atom. The number of aryl methyl sites for hydroxylation is 1. The third-order valence-electron chi connectivity index (χ3n) is 4.33. The molecule has 4 rings (SSSR count). The van der Waals surface area contributed by atoms with E-state index in [1.54, 1.807) is 66.2 Å². The van der Waals surface area contributed by atoms with Gasteiger partial charge in [-0.05, 0) is 59.8 Å². The van der Waals surface area contributed by atoms with Gasteiger partial charge in [-0.2, -0.15) is 4.68 Å². The molecule has 0 saturated carbocycles. The topological polar surface area (TPSA) is 115 Å². The van der Waals surface area contributed by atoms with Crippen LogP contribution in [0.5, 0.6) is 0 Å². The van der Waals surface area contributed by atoms with Crippen LogP contribution in [0.15, 0.2) is 83.1 Å². The maximum absolute atomic E-state index is 13.0. The number of hydrogen-bond acceptors (Lipinski definition) is 6. The lowest BCUT2D eigenvalue weighted by Crippen LogP contribution is -2.30. The first-order valence-corrected chi connectivity index (χ1v) is 9.38. The number of nitrogens with one attached hydrogen (secondary N) is 2. The van der Waals surface area contributed by atoms with Crippen molar-refractivity contribution < 1.29 is 14.0 Å². The van der Waals surface area contributed by atoms with E-state index in [0.717, 1.165) is 0 Å². The molecule has 0 radical (unpaired) electrons. The van der Waals surface area contributed by atoms with Crippen molar-refractivity contribution in [2.24, 2.45) is 0 Å². The minimum Gasteiger partial charge on any atom is -0.465 e. The first kappa shape index (κ1) is 19.8. The molecule has 0 atom stereocenters. The zero-order chi connectivity index (χ0) is 21.6. The van der Waals surface area contributed by atoms with Crippen LogP contribution in [0, 0.1) is 6.92 Å². The number of furan rings is 1. The Bertz CT molecular complexity index is 1230. The maximum atomic E-state index is 13.0. The van der Waals surface area contributed by atoms with Crippen molar-refractivity contribution in [2.75, 3.05) is 5.32 Å². The van der Waals surface area contributed by atoms with Gasteiger partial charge in [-0.25, -0.2) is 0 Å². The van der Waals surface area contributed by atoms with Crippen LogP contribution in [0.1, 0.15) is 21.9 Å². The molecule has 0 aliphatic heterocycles. The van der Waals surface area contributed by atoms with Crippen molar-refractivity contribution in [1.82, 2.24) is 25.5 Å². The van der Waals surface area contributed by atoms with E-state index in [-0.39, 0.29) is 5.70 Å². The second kappa shape index (κ2) is 8.87. The predicted octanol–water partition coefficient (Wildman–Crippen LogP) is 2.97. The fourth-order valence-corrected chi connectivity index (χ4v) is 2.84. The molecule has 0 aliphatic rings. The summed E-state index contributed by atoms with van der Waals surface area (Å²) < 4.78 is 6.85. The van der Waals surface area contributed by atoms with Crippen LogP contribution in [-0.4, -0.2) is 32.0 Å². The number of nitrogens with zero attached hydrogens (tertiary/aromatic N) is 4. The molecule has 154 valence electrons. The molecular weight excluding hydrogens is 396 g/mol. The zero-order valence-electron chi connectivity index (χ0n) is 16.5. The molecule has 9 heteroatoms. The summed E-state index contributed by atoms with van der Waals surface area (Å²) in [4.78, 5) is 25.6. The number of aromatic nitrogens is 4. The minimum absolute atomic E-state index is 0.0350. The van der Waals surface area contributed by atoms with Crippen LogP contribution in [-0.2, 0) is 4.79 Å². The minimum atomic E-state index is -0.508. The molecular formula is C22H18N6O3. The van der Waals surface area contributed by atoms with Gasteiger partial charge in [0.15, 0.2) is 5.82 Å². The number of benzene rings is 2. The Morgan fingerprint density at radius 3 is 2.58 bits per heavy atom. The highest BCUT2D eigenvalue weighted by molar-refractivity contribution is 6.10. The highest BCUT2D eigenvalue weighted by Crippen LogP contribution is 2.16. The first-order valence-electron chi connectivity index (χ1n) is 9.38. The number of tetrazole rings is 1. The van der Waals surface area contributed by atoms with Crippen LogP contribution < -0.4 is 10.6 Å². The lowest BCUT2D eigenvalue weighted by atomic mass is 10.2. The van der Waals surface area contributed by atoms with Gasteiger partial charge >= 0.3 is 0 Å². The van der Waals surface area contributed by atoms with Crippen molar-refractivity contribution >= 4 is 23.6 Å². The molecule has 0 saturated heterocycles. The molecule has 2 amide bonds. The Kier molecular flexibility index (Phi) is 5.66. The van der Waals surface area contributed by atoms with E-state index in [1.165, 1.54) is 12.3 Å². The quantitative estimate of drug-likeness (QED) is 0.469. The molecule has 31 heavy (non-hydrogen) atoms. The van der Waals surface area contributed by atoms with Crippen molar-refractivity contribution in [3.63, 3.8) is 0 Å². The molecule has 0 bridgehead atoms. The van der Waals surface area contributed by atoms with E-state index in [4.69, 9.17) is 4.42 Å². The average Bonchev–Trinajstić information content (AvgIpc) is 3.45. The van der Waals surface area contributed by atoms with E-state index in [9.17, 15) is 9.59 Å². The van der Waals surface area contributed by atoms with Crippen LogP contribution in [0.2, 0.25) is 0 Å². The highest BCUT2D eigenvalue weighted by Gasteiger charge is 2.16. The van der Waals surface area contributed by atoms with Crippen molar-refractivity contribution in [3.05, 3.63) is 95.8 Å². The molecule has 0 fully saturated rings. The van der Waals surface area contributed by atoms with E-state index in [0.29, 0.717) is 28.5 Å². The smallest absolute Gasteiger partial charge is 0.272 e. The number of amides is 2. The molecule has 0 unspecified atom stereocenters. The summed E-state index contributed by atoms with van der Waals surface area (Å²) in [5.41, 5.74) is 1.66. The van der Waals surface area contributed by atoms with Crippen LogP contribution in [0.25, 0.3) is 11.8 Å². The van der Waals surface area contributed by atoms with Gasteiger partial charge in [0.25, 0.3) is 11.8 Å². The maximum Gasteiger partial charge on any atom is 0.272 e.